The van der Waals surface area contributed by atoms with Gasteiger partial charge >= 0.3 is 0 Å². The minimum Gasteiger partial charge on any atom is -0.347 e. The van der Waals surface area contributed by atoms with Crippen molar-refractivity contribution in [2.45, 2.75) is 83.7 Å². The van der Waals surface area contributed by atoms with Gasteiger partial charge in [-0.3, -0.25) is 0 Å². The molecule has 0 bridgehead atoms. The van der Waals surface area contributed by atoms with E-state index in [1.165, 1.54) is 68.7 Å². The molecular formula is C24H34N4O. The van der Waals surface area contributed by atoms with Crippen LogP contribution in [0, 0.1) is 0 Å². The van der Waals surface area contributed by atoms with Crippen LogP contribution in [0.15, 0.2) is 35.0 Å². The molecule has 1 atom stereocenters. The summed E-state index contributed by atoms with van der Waals surface area (Å²) in [5.74, 6) is 1.43. The summed E-state index contributed by atoms with van der Waals surface area (Å²) in [5.41, 5.74) is 2.34. The molecule has 1 N–H and O–H groups in total. The Labute approximate surface area is 173 Å². The smallest absolute Gasteiger partial charge is 0.244 e. The summed E-state index contributed by atoms with van der Waals surface area (Å²) in [6, 6.07) is 8.77. The van der Waals surface area contributed by atoms with E-state index in [4.69, 9.17) is 9.51 Å². The van der Waals surface area contributed by atoms with Crippen LogP contribution in [0.1, 0.15) is 83.1 Å². The Balaban J connectivity index is 1.40. The topological polar surface area (TPSA) is 55.9 Å². The zero-order valence-corrected chi connectivity index (χ0v) is 17.7. The molecule has 0 aliphatic carbocycles. The number of fused-ring (bicyclic) bond motifs is 1. The van der Waals surface area contributed by atoms with Crippen molar-refractivity contribution in [2.75, 3.05) is 6.54 Å². The Hall–Kier alpha value is -2.14. The van der Waals surface area contributed by atoms with Gasteiger partial charge in [0.15, 0.2) is 0 Å². The monoisotopic (exact) mass is 394 g/mol. The lowest BCUT2D eigenvalue weighted by Crippen LogP contribution is -2.12. The molecule has 1 aliphatic rings. The van der Waals surface area contributed by atoms with Crippen molar-refractivity contribution in [1.82, 2.24) is 20.0 Å². The minimum atomic E-state index is 0.210. The second-order valence-electron chi connectivity index (χ2n) is 8.33. The van der Waals surface area contributed by atoms with Gasteiger partial charge in [-0.1, -0.05) is 75.2 Å². The molecule has 0 spiro atoms. The average Bonchev–Trinajstić information content (AvgIpc) is 3.49. The number of nitrogens with one attached hydrogen (secondary N) is 1. The number of nitrogens with zero attached hydrogens (tertiary/aromatic N) is 3. The summed E-state index contributed by atoms with van der Waals surface area (Å²) in [6.45, 7) is 4.35. The molecule has 29 heavy (non-hydrogen) atoms. The highest BCUT2D eigenvalue weighted by atomic mass is 16.5. The van der Waals surface area contributed by atoms with Gasteiger partial charge < -0.3 is 14.4 Å². The van der Waals surface area contributed by atoms with Crippen LogP contribution in [0.2, 0.25) is 0 Å². The van der Waals surface area contributed by atoms with Gasteiger partial charge in [-0.2, -0.15) is 4.98 Å². The largest absolute Gasteiger partial charge is 0.347 e. The second-order valence-corrected chi connectivity index (χ2v) is 8.33. The summed E-state index contributed by atoms with van der Waals surface area (Å²) < 4.78 is 7.95. The molecule has 1 saturated heterocycles. The zero-order valence-electron chi connectivity index (χ0n) is 17.7. The highest BCUT2D eigenvalue weighted by Gasteiger charge is 2.23. The summed E-state index contributed by atoms with van der Waals surface area (Å²) >= 11 is 0. The van der Waals surface area contributed by atoms with Crippen LogP contribution in [-0.4, -0.2) is 21.3 Å². The molecule has 156 valence electrons. The molecule has 0 radical (unpaired) electrons. The first-order valence-corrected chi connectivity index (χ1v) is 11.5. The lowest BCUT2D eigenvalue weighted by atomic mass is 10.1. The number of aryl methyl sites for hydroxylation is 1. The molecule has 5 heteroatoms. The zero-order chi connectivity index (χ0) is 19.9. The van der Waals surface area contributed by atoms with Gasteiger partial charge in [-0.25, -0.2) is 0 Å². The van der Waals surface area contributed by atoms with Gasteiger partial charge in [-0.05, 0) is 31.9 Å². The molecule has 0 amide bonds. The standard InChI is InChI=1S/C24H34N4O/c1-2-3-4-5-6-7-8-11-17-28-18-20(19-13-9-10-15-22(19)28)23-26-24(29-27-23)21-14-12-16-25-21/h9-10,13,15,18,21,25H,2-8,11-12,14,16-17H2,1H3. The van der Waals surface area contributed by atoms with Gasteiger partial charge in [0, 0.05) is 29.2 Å². The molecular weight excluding hydrogens is 360 g/mol. The van der Waals surface area contributed by atoms with Crippen LogP contribution >= 0.6 is 0 Å². The molecule has 1 fully saturated rings. The van der Waals surface area contributed by atoms with Crippen LogP contribution in [0.3, 0.4) is 0 Å². The van der Waals surface area contributed by atoms with Gasteiger partial charge in [0.05, 0.1) is 6.04 Å². The van der Waals surface area contributed by atoms with Gasteiger partial charge in [0.2, 0.25) is 11.7 Å². The van der Waals surface area contributed by atoms with Crippen LogP contribution in [0.4, 0.5) is 0 Å². The van der Waals surface area contributed by atoms with E-state index in [9.17, 15) is 0 Å². The first-order chi connectivity index (χ1) is 14.4. The molecule has 1 unspecified atom stereocenters. The van der Waals surface area contributed by atoms with E-state index in [0.717, 1.165) is 31.0 Å². The Morgan fingerprint density at radius 2 is 1.86 bits per heavy atom. The third-order valence-corrected chi connectivity index (χ3v) is 6.08. The maximum absolute atomic E-state index is 5.58. The van der Waals surface area contributed by atoms with E-state index in [1.54, 1.807) is 0 Å². The normalized spacial score (nSPS) is 16.8. The molecule has 3 heterocycles. The fraction of sp³-hybridized carbons (Fsp3) is 0.583. The second kappa shape index (κ2) is 10.1. The highest BCUT2D eigenvalue weighted by Crippen LogP contribution is 2.31. The summed E-state index contributed by atoms with van der Waals surface area (Å²) in [4.78, 5) is 4.72. The third-order valence-electron chi connectivity index (χ3n) is 6.08. The van der Waals surface area contributed by atoms with E-state index in [2.05, 4.69) is 52.4 Å². The Bertz CT molecular complexity index is 891. The molecule has 1 aromatic carbocycles. The number of hydrogen-bond donors (Lipinski definition) is 1. The molecule has 0 saturated carbocycles. The molecule has 2 aromatic heterocycles. The molecule has 5 nitrogen and oxygen atoms in total. The summed E-state index contributed by atoms with van der Waals surface area (Å²) in [7, 11) is 0. The van der Waals surface area contributed by atoms with E-state index < -0.39 is 0 Å². The van der Waals surface area contributed by atoms with Gasteiger partial charge in [-0.15, -0.1) is 0 Å². The van der Waals surface area contributed by atoms with Crippen LogP contribution in [-0.2, 0) is 6.54 Å². The van der Waals surface area contributed by atoms with Crippen molar-refractivity contribution in [3.8, 4) is 11.4 Å². The Kier molecular flexibility index (Phi) is 6.99. The lowest BCUT2D eigenvalue weighted by molar-refractivity contribution is 0.345. The van der Waals surface area contributed by atoms with Gasteiger partial charge in [0.25, 0.3) is 0 Å². The van der Waals surface area contributed by atoms with E-state index in [0.29, 0.717) is 5.82 Å². The predicted octanol–water partition coefficient (Wildman–Crippen LogP) is 6.26. The van der Waals surface area contributed by atoms with Crippen molar-refractivity contribution in [2.24, 2.45) is 0 Å². The summed E-state index contributed by atoms with van der Waals surface area (Å²) in [5, 5.41) is 8.94. The Morgan fingerprint density at radius 1 is 1.07 bits per heavy atom. The van der Waals surface area contributed by atoms with Crippen molar-refractivity contribution < 1.29 is 4.52 Å². The number of para-hydroxylation sites is 1. The first kappa shape index (κ1) is 20.1. The molecule has 1 aliphatic heterocycles. The Morgan fingerprint density at radius 3 is 2.66 bits per heavy atom. The van der Waals surface area contributed by atoms with Gasteiger partial charge in [0.1, 0.15) is 0 Å². The number of aromatic nitrogens is 3. The van der Waals surface area contributed by atoms with Crippen molar-refractivity contribution >= 4 is 10.9 Å². The maximum Gasteiger partial charge on any atom is 0.244 e. The van der Waals surface area contributed by atoms with E-state index >= 15 is 0 Å². The number of rotatable bonds is 11. The number of benzene rings is 1. The minimum absolute atomic E-state index is 0.210. The summed E-state index contributed by atoms with van der Waals surface area (Å²) in [6.07, 6.45) is 15.2. The highest BCUT2D eigenvalue weighted by molar-refractivity contribution is 5.94. The maximum atomic E-state index is 5.58. The SMILES string of the molecule is CCCCCCCCCCn1cc(-c2noc(C3CCCN3)n2)c2ccccc21. The van der Waals surface area contributed by atoms with E-state index in [-0.39, 0.29) is 6.04 Å². The predicted molar refractivity (Wildman–Crippen MR) is 118 cm³/mol. The number of hydrogen-bond acceptors (Lipinski definition) is 4. The van der Waals surface area contributed by atoms with E-state index in [1.807, 2.05) is 0 Å². The lowest BCUT2D eigenvalue weighted by Gasteiger charge is -2.05. The molecule has 3 aromatic rings. The van der Waals surface area contributed by atoms with Crippen LogP contribution in [0.25, 0.3) is 22.3 Å². The van der Waals surface area contributed by atoms with Crippen LogP contribution < -0.4 is 5.32 Å². The fourth-order valence-corrected chi connectivity index (χ4v) is 4.41. The first-order valence-electron chi connectivity index (χ1n) is 11.5. The quantitative estimate of drug-likeness (QED) is 0.390. The van der Waals surface area contributed by atoms with Crippen LogP contribution in [0.5, 0.6) is 0 Å². The average molecular weight is 395 g/mol. The number of unbranched alkanes of at least 4 members (excludes halogenated alkanes) is 7. The van der Waals surface area contributed by atoms with Crippen molar-refractivity contribution in [3.05, 3.63) is 36.4 Å². The third kappa shape index (κ3) is 4.89. The molecule has 4 rings (SSSR count). The van der Waals surface area contributed by atoms with Crippen molar-refractivity contribution in [1.29, 1.82) is 0 Å². The van der Waals surface area contributed by atoms with Crippen molar-refractivity contribution in [3.63, 3.8) is 0 Å². The fourth-order valence-electron chi connectivity index (χ4n) is 4.41.